The van der Waals surface area contributed by atoms with Crippen molar-refractivity contribution in [3.05, 3.63) is 77.6 Å². The fourth-order valence-electron chi connectivity index (χ4n) is 7.95. The molecule has 4 aromatic rings. The summed E-state index contributed by atoms with van der Waals surface area (Å²) in [5, 5.41) is 16.0. The molecule has 77 heavy (non-hydrogen) atoms. The number of carbonyl (C=O) groups is 7. The summed E-state index contributed by atoms with van der Waals surface area (Å²) in [6.07, 6.45) is 4.55. The lowest BCUT2D eigenvalue weighted by Gasteiger charge is -2.23. The van der Waals surface area contributed by atoms with Gasteiger partial charge in [0.2, 0.25) is 27.7 Å². The number of amides is 4. The van der Waals surface area contributed by atoms with Crippen LogP contribution in [-0.2, 0) is 59.5 Å². The molecule has 3 atom stereocenters. The molecule has 23 heteroatoms. The highest BCUT2D eigenvalue weighted by Crippen LogP contribution is 2.27. The fraction of sp³-hybridized carbons (Fsp3) is 0.537. The fourth-order valence-corrected chi connectivity index (χ4v) is 9.59. The number of nitrogens with one attached hydrogen (secondary N) is 5. The summed E-state index contributed by atoms with van der Waals surface area (Å²) < 4.78 is 53.3. The molecule has 0 aliphatic carbocycles. The number of rotatable bonds is 29. The number of carbonyl (C=O) groups excluding carboxylic acids is 7. The van der Waals surface area contributed by atoms with Crippen LogP contribution in [0.15, 0.2) is 65.8 Å². The van der Waals surface area contributed by atoms with Gasteiger partial charge in [0, 0.05) is 82.1 Å². The van der Waals surface area contributed by atoms with E-state index in [0.717, 1.165) is 36.8 Å². The van der Waals surface area contributed by atoms with Crippen LogP contribution in [-0.4, -0.2) is 135 Å². The van der Waals surface area contributed by atoms with Crippen LogP contribution in [0.4, 0.5) is 5.82 Å². The number of anilines is 1. The number of sulfonamides is 1. The number of benzene rings is 2. The molecule has 22 nitrogen and oxygen atoms in total. The average molecular weight is 1090 g/mol. The van der Waals surface area contributed by atoms with E-state index in [2.05, 4.69) is 41.0 Å². The van der Waals surface area contributed by atoms with Crippen molar-refractivity contribution in [2.45, 2.75) is 142 Å². The molecule has 4 rings (SSSR count). The van der Waals surface area contributed by atoms with Gasteiger partial charge in [0.1, 0.15) is 34.9 Å². The van der Waals surface area contributed by atoms with Gasteiger partial charge in [0.25, 0.3) is 5.91 Å². The van der Waals surface area contributed by atoms with Crippen molar-refractivity contribution >= 4 is 68.3 Å². The second-order valence-corrected chi connectivity index (χ2v) is 22.4. The molecule has 5 N–H and O–H groups in total. The Bertz CT molecular complexity index is 2770. The number of hydrogen-bond donors (Lipinski definition) is 5. The lowest BCUT2D eigenvalue weighted by Crippen LogP contribution is -2.49. The standard InChI is InChI=1S/C54H77N9O13S/c1-35(18-22-46(65)75-53(4,5)6)49(67)60-41(20-23-47(66)76-54(7,8)9)51(69)57-26-25-56-45(64)17-14-29-74-40-30-36(2)48(37(3)31-40)77(71,72)61-42(52(70)73-11)34-58-50(68)38-19-21-43-39(32-38)33-59-63(43)28-15-27-62(10)44-16-12-13-24-55-44/h12-13,16,19,21,24,30-33,35,41-42,61H,14-15,17-18,20,22-23,25-29,34H2,1-11H3,(H,56,64)(H,57,69)(H,58,68)(H,60,67)/t35-,41?,42-/m0/s1. The van der Waals surface area contributed by atoms with Crippen LogP contribution in [0.2, 0.25) is 0 Å². The summed E-state index contributed by atoms with van der Waals surface area (Å²) in [6.45, 7) is 16.3. The molecule has 2 aromatic carbocycles. The first-order chi connectivity index (χ1) is 36.2. The van der Waals surface area contributed by atoms with Gasteiger partial charge in [0.05, 0.1) is 30.3 Å². The first-order valence-corrected chi connectivity index (χ1v) is 27.1. The maximum atomic E-state index is 13.8. The van der Waals surface area contributed by atoms with Gasteiger partial charge in [0.15, 0.2) is 0 Å². The van der Waals surface area contributed by atoms with E-state index in [1.165, 1.54) is 12.1 Å². The van der Waals surface area contributed by atoms with Gasteiger partial charge in [-0.25, -0.2) is 13.4 Å². The number of aromatic nitrogens is 3. The first-order valence-electron chi connectivity index (χ1n) is 25.6. The molecule has 2 heterocycles. The Morgan fingerprint density at radius 3 is 2.05 bits per heavy atom. The second-order valence-electron chi connectivity index (χ2n) is 20.7. The first kappa shape index (κ1) is 62.4. The van der Waals surface area contributed by atoms with E-state index < -0.39 is 81.4 Å². The maximum Gasteiger partial charge on any atom is 0.325 e. The van der Waals surface area contributed by atoms with Crippen LogP contribution >= 0.6 is 0 Å². The van der Waals surface area contributed by atoms with E-state index in [1.54, 1.807) is 92.9 Å². The Kier molecular flexibility index (Phi) is 23.4. The SMILES string of the molecule is COC(=O)[C@H](CNC(=O)c1ccc2c(cnn2CCCN(C)c2ccccn2)c1)NS(=O)(=O)c1c(C)cc(OCCCC(=O)NCCNC(=O)C(CCC(=O)OC(C)(C)C)NC(=O)[C@@H](C)CCC(=O)OC(C)(C)C)cc1C. The molecule has 0 bridgehead atoms. The zero-order valence-corrected chi connectivity index (χ0v) is 47.0. The van der Waals surface area contributed by atoms with Crippen LogP contribution in [0.1, 0.15) is 115 Å². The van der Waals surface area contributed by atoms with Gasteiger partial charge in [-0.15, -0.1) is 0 Å². The van der Waals surface area contributed by atoms with Crippen molar-refractivity contribution < 1.29 is 60.9 Å². The topological polar surface area (TPSA) is 285 Å². The van der Waals surface area contributed by atoms with E-state index >= 15 is 0 Å². The Morgan fingerprint density at radius 2 is 1.43 bits per heavy atom. The normalized spacial score (nSPS) is 12.9. The molecule has 0 saturated carbocycles. The largest absolute Gasteiger partial charge is 0.494 e. The number of pyridine rings is 1. The summed E-state index contributed by atoms with van der Waals surface area (Å²) in [5.41, 5.74) is 0.324. The second kappa shape index (κ2) is 28.8. The monoisotopic (exact) mass is 1090 g/mol. The summed E-state index contributed by atoms with van der Waals surface area (Å²) in [6, 6.07) is 11.3. The number of hydrogen-bond acceptors (Lipinski definition) is 16. The van der Waals surface area contributed by atoms with Gasteiger partial charge < -0.3 is 45.1 Å². The minimum atomic E-state index is -4.36. The molecule has 0 radical (unpaired) electrons. The lowest BCUT2D eigenvalue weighted by atomic mass is 10.0. The third-order valence-electron chi connectivity index (χ3n) is 11.7. The minimum absolute atomic E-state index is 0.000353. The summed E-state index contributed by atoms with van der Waals surface area (Å²) >= 11 is 0. The number of nitrogens with zero attached hydrogens (tertiary/aromatic N) is 4. The Morgan fingerprint density at radius 1 is 0.779 bits per heavy atom. The summed E-state index contributed by atoms with van der Waals surface area (Å²) in [4.78, 5) is 96.2. The van der Waals surface area contributed by atoms with Crippen molar-refractivity contribution in [1.82, 2.24) is 40.8 Å². The van der Waals surface area contributed by atoms with Crippen molar-refractivity contribution in [3.8, 4) is 5.75 Å². The van der Waals surface area contributed by atoms with Crippen LogP contribution in [0.5, 0.6) is 5.75 Å². The number of ether oxygens (including phenoxy) is 4. The predicted octanol–water partition coefficient (Wildman–Crippen LogP) is 4.58. The van der Waals surface area contributed by atoms with E-state index in [4.69, 9.17) is 18.9 Å². The van der Waals surface area contributed by atoms with Crippen molar-refractivity contribution in [2.24, 2.45) is 5.92 Å². The van der Waals surface area contributed by atoms with Gasteiger partial charge in [-0.05, 0) is 135 Å². The highest BCUT2D eigenvalue weighted by Gasteiger charge is 2.31. The van der Waals surface area contributed by atoms with Gasteiger partial charge >= 0.3 is 17.9 Å². The molecule has 2 aromatic heterocycles. The molecule has 0 aliphatic heterocycles. The molecular weight excluding hydrogens is 1010 g/mol. The molecule has 4 amide bonds. The van der Waals surface area contributed by atoms with E-state index in [9.17, 15) is 42.0 Å². The molecule has 0 spiro atoms. The highest BCUT2D eigenvalue weighted by molar-refractivity contribution is 7.89. The molecular formula is C54H77N9O13S. The zero-order chi connectivity index (χ0) is 57.1. The molecule has 422 valence electrons. The van der Waals surface area contributed by atoms with E-state index in [1.807, 2.05) is 29.9 Å². The maximum absolute atomic E-state index is 13.8. The van der Waals surface area contributed by atoms with Crippen molar-refractivity contribution in [3.63, 3.8) is 0 Å². The van der Waals surface area contributed by atoms with Crippen LogP contribution in [0, 0.1) is 19.8 Å². The van der Waals surface area contributed by atoms with Crippen molar-refractivity contribution in [2.75, 3.05) is 51.8 Å². The minimum Gasteiger partial charge on any atom is -0.494 e. The van der Waals surface area contributed by atoms with Gasteiger partial charge in [-0.3, -0.25) is 38.2 Å². The van der Waals surface area contributed by atoms with Gasteiger partial charge in [-0.1, -0.05) is 13.0 Å². The van der Waals surface area contributed by atoms with Crippen LogP contribution in [0.3, 0.4) is 0 Å². The Labute approximate surface area is 451 Å². The summed E-state index contributed by atoms with van der Waals surface area (Å²) in [7, 11) is -1.27. The molecule has 0 saturated heterocycles. The Hall–Kier alpha value is -7.14. The zero-order valence-electron chi connectivity index (χ0n) is 46.2. The quantitative estimate of drug-likeness (QED) is 0.0283. The molecule has 0 aliphatic rings. The molecule has 0 fully saturated rings. The number of aryl methyl sites for hydroxylation is 3. The van der Waals surface area contributed by atoms with E-state index in [-0.39, 0.29) is 68.2 Å². The number of methoxy groups -OCH3 is 1. The lowest BCUT2D eigenvalue weighted by molar-refractivity contribution is -0.156. The Balaban J connectivity index is 1.23. The smallest absolute Gasteiger partial charge is 0.325 e. The van der Waals surface area contributed by atoms with Crippen LogP contribution < -0.4 is 35.6 Å². The van der Waals surface area contributed by atoms with Crippen molar-refractivity contribution in [1.29, 1.82) is 0 Å². The highest BCUT2D eigenvalue weighted by atomic mass is 32.2. The molecule has 1 unspecified atom stereocenters. The third kappa shape index (κ3) is 21.1. The van der Waals surface area contributed by atoms with E-state index in [0.29, 0.717) is 29.8 Å². The van der Waals surface area contributed by atoms with Gasteiger partial charge in [-0.2, -0.15) is 9.82 Å². The predicted molar refractivity (Wildman–Crippen MR) is 288 cm³/mol. The average Bonchev–Trinajstić information content (AvgIpc) is 3.76. The summed E-state index contributed by atoms with van der Waals surface area (Å²) in [5.74, 6) is -3.25. The van der Waals surface area contributed by atoms with Crippen LogP contribution in [0.25, 0.3) is 10.9 Å². The number of fused-ring (bicyclic) bond motifs is 1. The third-order valence-corrected chi connectivity index (χ3v) is 13.4. The number of esters is 3.